The minimum Gasteiger partial charge on any atom is -0.484 e. The van der Waals surface area contributed by atoms with Crippen molar-refractivity contribution < 1.29 is 14.3 Å². The zero-order valence-corrected chi connectivity index (χ0v) is 16.5. The molecule has 8 heteroatoms. The summed E-state index contributed by atoms with van der Waals surface area (Å²) >= 11 is 10.9. The molecule has 0 aliphatic rings. The van der Waals surface area contributed by atoms with Gasteiger partial charge in [0.25, 0.3) is 5.91 Å². The van der Waals surface area contributed by atoms with Gasteiger partial charge in [0.2, 0.25) is 5.91 Å². The van der Waals surface area contributed by atoms with E-state index in [9.17, 15) is 9.59 Å². The third-order valence-corrected chi connectivity index (χ3v) is 3.80. The number of hydrogen-bond donors (Lipinski definition) is 3. The monoisotopic (exact) mass is 405 g/mol. The molecule has 142 valence electrons. The van der Waals surface area contributed by atoms with Crippen molar-refractivity contribution in [2.45, 2.75) is 13.8 Å². The maximum Gasteiger partial charge on any atom is 0.264 e. The molecule has 2 aromatic carbocycles. The third kappa shape index (κ3) is 7.24. The quantitative estimate of drug-likeness (QED) is 0.636. The fraction of sp³-hybridized carbons (Fsp3) is 0.211. The summed E-state index contributed by atoms with van der Waals surface area (Å²) in [6.45, 7) is 3.44. The van der Waals surface area contributed by atoms with Crippen molar-refractivity contribution in [2.75, 3.05) is 17.2 Å². The highest BCUT2D eigenvalue weighted by Crippen LogP contribution is 2.16. The smallest absolute Gasteiger partial charge is 0.264 e. The molecule has 2 rings (SSSR count). The van der Waals surface area contributed by atoms with E-state index in [1.54, 1.807) is 48.5 Å². The van der Waals surface area contributed by atoms with E-state index in [0.29, 0.717) is 22.1 Å². The van der Waals surface area contributed by atoms with Gasteiger partial charge in [-0.05, 0) is 54.7 Å². The van der Waals surface area contributed by atoms with Gasteiger partial charge in [-0.2, -0.15) is 0 Å². The van der Waals surface area contributed by atoms with Crippen LogP contribution in [0.1, 0.15) is 13.8 Å². The molecule has 0 unspecified atom stereocenters. The Morgan fingerprint density at radius 1 is 1.07 bits per heavy atom. The molecule has 0 atom stereocenters. The standard InChI is InChI=1S/C19H20ClN3O3S/c1-12(2)18(25)21-14-4-3-5-15(10-14)22-19(27)23-17(24)11-26-16-8-6-13(20)7-9-16/h3-10,12H,11H2,1-2H3,(H,21,25)(H2,22,23,24,27). The van der Waals surface area contributed by atoms with Gasteiger partial charge in [-0.1, -0.05) is 31.5 Å². The Labute approximate surface area is 168 Å². The normalized spacial score (nSPS) is 10.2. The summed E-state index contributed by atoms with van der Waals surface area (Å²) in [5.74, 6) is -0.0706. The lowest BCUT2D eigenvalue weighted by Crippen LogP contribution is -2.37. The predicted molar refractivity (Wildman–Crippen MR) is 111 cm³/mol. The van der Waals surface area contributed by atoms with Gasteiger partial charge in [0.1, 0.15) is 5.75 Å². The molecule has 0 saturated carbocycles. The summed E-state index contributed by atoms with van der Waals surface area (Å²) in [7, 11) is 0. The van der Waals surface area contributed by atoms with Gasteiger partial charge in [0, 0.05) is 22.3 Å². The van der Waals surface area contributed by atoms with Gasteiger partial charge in [-0.15, -0.1) is 0 Å². The van der Waals surface area contributed by atoms with Crippen LogP contribution in [0.25, 0.3) is 0 Å². The van der Waals surface area contributed by atoms with E-state index >= 15 is 0 Å². The molecule has 0 saturated heterocycles. The molecule has 0 bridgehead atoms. The van der Waals surface area contributed by atoms with Gasteiger partial charge in [0.05, 0.1) is 0 Å². The topological polar surface area (TPSA) is 79.5 Å². The van der Waals surface area contributed by atoms with Crippen LogP contribution in [-0.2, 0) is 9.59 Å². The van der Waals surface area contributed by atoms with Gasteiger partial charge >= 0.3 is 0 Å². The van der Waals surface area contributed by atoms with Crippen LogP contribution in [0.4, 0.5) is 11.4 Å². The van der Waals surface area contributed by atoms with Crippen molar-refractivity contribution >= 4 is 52.1 Å². The summed E-state index contributed by atoms with van der Waals surface area (Å²) in [6.07, 6.45) is 0. The number of benzene rings is 2. The number of carbonyl (C=O) groups is 2. The molecular weight excluding hydrogens is 386 g/mol. The zero-order valence-electron chi connectivity index (χ0n) is 14.9. The SMILES string of the molecule is CC(C)C(=O)Nc1cccc(NC(=S)NC(=O)COc2ccc(Cl)cc2)c1. The molecule has 0 radical (unpaired) electrons. The molecule has 3 N–H and O–H groups in total. The van der Waals surface area contributed by atoms with Crippen LogP contribution in [0.2, 0.25) is 5.02 Å². The minimum atomic E-state index is -0.397. The lowest BCUT2D eigenvalue weighted by atomic mass is 10.2. The minimum absolute atomic E-state index is 0.0811. The fourth-order valence-corrected chi connectivity index (χ4v) is 2.32. The van der Waals surface area contributed by atoms with Crippen LogP contribution in [0.15, 0.2) is 48.5 Å². The maximum atomic E-state index is 11.9. The number of thiocarbonyl (C=S) groups is 1. The molecule has 0 aromatic heterocycles. The maximum absolute atomic E-state index is 11.9. The summed E-state index contributed by atoms with van der Waals surface area (Å²) in [6, 6.07) is 13.7. The van der Waals surface area contributed by atoms with Crippen molar-refractivity contribution in [1.82, 2.24) is 5.32 Å². The highest BCUT2D eigenvalue weighted by molar-refractivity contribution is 7.80. The van der Waals surface area contributed by atoms with E-state index in [0.717, 1.165) is 0 Å². The van der Waals surface area contributed by atoms with Crippen LogP contribution in [0.3, 0.4) is 0 Å². The second kappa shape index (κ2) is 9.89. The van der Waals surface area contributed by atoms with Crippen molar-refractivity contribution in [3.8, 4) is 5.75 Å². The highest BCUT2D eigenvalue weighted by atomic mass is 35.5. The van der Waals surface area contributed by atoms with Gasteiger partial charge in [-0.3, -0.25) is 14.9 Å². The Balaban J connectivity index is 1.83. The van der Waals surface area contributed by atoms with Crippen LogP contribution in [0.5, 0.6) is 5.75 Å². The first-order valence-electron chi connectivity index (χ1n) is 8.23. The molecule has 0 fully saturated rings. The Hall–Kier alpha value is -2.64. The molecule has 6 nitrogen and oxygen atoms in total. The fourth-order valence-electron chi connectivity index (χ4n) is 1.97. The summed E-state index contributed by atoms with van der Waals surface area (Å²) in [5, 5.41) is 8.95. The lowest BCUT2D eigenvalue weighted by Gasteiger charge is -2.12. The Morgan fingerprint density at radius 2 is 1.70 bits per heavy atom. The number of halogens is 1. The summed E-state index contributed by atoms with van der Waals surface area (Å²) < 4.78 is 5.35. The van der Waals surface area contributed by atoms with Crippen molar-refractivity contribution in [1.29, 1.82) is 0 Å². The Bertz CT molecular complexity index is 825. The summed E-state index contributed by atoms with van der Waals surface area (Å²) in [4.78, 5) is 23.7. The molecule has 0 heterocycles. The van der Waals surface area contributed by atoms with E-state index in [1.165, 1.54) is 0 Å². The Kier molecular flexibility index (Phi) is 7.57. The van der Waals surface area contributed by atoms with Crippen molar-refractivity contribution in [3.63, 3.8) is 0 Å². The van der Waals surface area contributed by atoms with Crippen LogP contribution in [-0.4, -0.2) is 23.5 Å². The first-order valence-corrected chi connectivity index (χ1v) is 9.02. The predicted octanol–water partition coefficient (Wildman–Crippen LogP) is 3.83. The third-order valence-electron chi connectivity index (χ3n) is 3.35. The highest BCUT2D eigenvalue weighted by Gasteiger charge is 2.09. The average molecular weight is 406 g/mol. The molecule has 27 heavy (non-hydrogen) atoms. The molecule has 0 aliphatic carbocycles. The van der Waals surface area contributed by atoms with Crippen LogP contribution in [0, 0.1) is 5.92 Å². The summed E-state index contributed by atoms with van der Waals surface area (Å²) in [5.41, 5.74) is 1.28. The van der Waals surface area contributed by atoms with Crippen LogP contribution < -0.4 is 20.7 Å². The van der Waals surface area contributed by atoms with Gasteiger partial charge in [-0.25, -0.2) is 0 Å². The van der Waals surface area contributed by atoms with Gasteiger partial charge < -0.3 is 15.4 Å². The number of anilines is 2. The number of carbonyl (C=O) groups excluding carboxylic acids is 2. The van der Waals surface area contributed by atoms with Crippen LogP contribution >= 0.6 is 23.8 Å². The Morgan fingerprint density at radius 3 is 2.33 bits per heavy atom. The molecule has 2 amide bonds. The lowest BCUT2D eigenvalue weighted by molar-refractivity contribution is -0.121. The number of nitrogens with one attached hydrogen (secondary N) is 3. The molecular formula is C19H20ClN3O3S. The number of amides is 2. The average Bonchev–Trinajstić information content (AvgIpc) is 2.61. The van der Waals surface area contributed by atoms with E-state index in [1.807, 2.05) is 13.8 Å². The first kappa shape index (κ1) is 20.7. The van der Waals surface area contributed by atoms with E-state index < -0.39 is 5.91 Å². The zero-order chi connectivity index (χ0) is 19.8. The molecule has 0 spiro atoms. The van der Waals surface area contributed by atoms with Crippen molar-refractivity contribution in [2.24, 2.45) is 5.92 Å². The molecule has 0 aliphatic heterocycles. The second-order valence-electron chi connectivity index (χ2n) is 5.97. The van der Waals surface area contributed by atoms with Crippen molar-refractivity contribution in [3.05, 3.63) is 53.6 Å². The first-order chi connectivity index (χ1) is 12.8. The molecule has 2 aromatic rings. The van der Waals surface area contributed by atoms with E-state index in [4.69, 9.17) is 28.6 Å². The van der Waals surface area contributed by atoms with E-state index in [-0.39, 0.29) is 23.5 Å². The van der Waals surface area contributed by atoms with Gasteiger partial charge in [0.15, 0.2) is 11.7 Å². The number of ether oxygens (including phenoxy) is 1. The number of rotatable bonds is 6. The van der Waals surface area contributed by atoms with E-state index in [2.05, 4.69) is 16.0 Å². The second-order valence-corrected chi connectivity index (χ2v) is 6.81. The largest absolute Gasteiger partial charge is 0.484 e. The number of hydrogen-bond acceptors (Lipinski definition) is 4.